The van der Waals surface area contributed by atoms with E-state index in [1.165, 1.54) is 29.5 Å². The molecule has 0 aliphatic rings. The molecule has 0 radical (unpaired) electrons. The minimum absolute atomic E-state index is 0.00390. The average molecular weight is 400 g/mol. The molecule has 0 saturated carbocycles. The highest BCUT2D eigenvalue weighted by Crippen LogP contribution is 2.25. The molecule has 0 atom stereocenters. The summed E-state index contributed by atoms with van der Waals surface area (Å²) < 4.78 is 2.77. The highest BCUT2D eigenvalue weighted by atomic mass is 35.5. The Morgan fingerprint density at radius 2 is 2.04 bits per heavy atom. The van der Waals surface area contributed by atoms with Crippen LogP contribution in [0, 0.1) is 10.1 Å². The summed E-state index contributed by atoms with van der Waals surface area (Å²) in [5.74, 6) is -0.436. The summed E-state index contributed by atoms with van der Waals surface area (Å²) >= 11 is 7.65. The van der Waals surface area contributed by atoms with E-state index < -0.39 is 10.8 Å². The molecule has 0 aliphatic heterocycles. The van der Waals surface area contributed by atoms with Gasteiger partial charge >= 0.3 is 0 Å². The van der Waals surface area contributed by atoms with Crippen LogP contribution in [0.5, 0.6) is 0 Å². The molecule has 0 fully saturated rings. The minimum Gasteiger partial charge on any atom is -0.311 e. The normalized spacial score (nSPS) is 12.0. The largest absolute Gasteiger partial charge is 0.311 e. The van der Waals surface area contributed by atoms with Crippen LogP contribution in [0.15, 0.2) is 66.2 Å². The summed E-state index contributed by atoms with van der Waals surface area (Å²) in [6.07, 6.45) is 4.60. The van der Waals surface area contributed by atoms with E-state index in [2.05, 4.69) is 11.6 Å². The molecule has 0 aliphatic carbocycles. The zero-order valence-corrected chi connectivity index (χ0v) is 15.6. The van der Waals surface area contributed by atoms with Crippen molar-refractivity contribution in [2.45, 2.75) is 6.54 Å². The summed E-state index contributed by atoms with van der Waals surface area (Å²) in [6, 6.07) is 11.5. The van der Waals surface area contributed by atoms with Gasteiger partial charge in [0, 0.05) is 24.8 Å². The van der Waals surface area contributed by atoms with Crippen molar-refractivity contribution in [1.29, 1.82) is 0 Å². The first-order valence-electron chi connectivity index (χ1n) is 7.89. The lowest BCUT2D eigenvalue weighted by Gasteiger charge is -2.02. The van der Waals surface area contributed by atoms with Gasteiger partial charge in [0.15, 0.2) is 4.80 Å². The van der Waals surface area contributed by atoms with Crippen molar-refractivity contribution in [2.24, 2.45) is 4.99 Å². The summed E-state index contributed by atoms with van der Waals surface area (Å²) in [5, 5.41) is 11.2. The first kappa shape index (κ1) is 18.8. The average Bonchev–Trinajstić information content (AvgIpc) is 2.99. The van der Waals surface area contributed by atoms with Crippen LogP contribution in [0.3, 0.4) is 0 Å². The maximum atomic E-state index is 12.3. The first-order valence-corrected chi connectivity index (χ1v) is 9.09. The van der Waals surface area contributed by atoms with Gasteiger partial charge in [0.2, 0.25) is 0 Å². The number of nitro groups is 1. The number of carbonyl (C=O) groups excluding carboxylic acids is 1. The van der Waals surface area contributed by atoms with E-state index in [-0.39, 0.29) is 5.69 Å². The summed E-state index contributed by atoms with van der Waals surface area (Å²) in [5.41, 5.74) is 1.48. The number of thiazole rings is 1. The zero-order chi connectivity index (χ0) is 19.4. The predicted molar refractivity (Wildman–Crippen MR) is 108 cm³/mol. The second-order valence-electron chi connectivity index (χ2n) is 5.50. The second kappa shape index (κ2) is 8.11. The van der Waals surface area contributed by atoms with Crippen LogP contribution in [-0.4, -0.2) is 15.4 Å². The summed E-state index contributed by atoms with van der Waals surface area (Å²) in [6.45, 7) is 4.21. The molecule has 2 aromatic carbocycles. The zero-order valence-electron chi connectivity index (χ0n) is 14.0. The number of benzene rings is 2. The van der Waals surface area contributed by atoms with Crippen LogP contribution in [-0.2, 0) is 11.3 Å². The Balaban J connectivity index is 1.92. The van der Waals surface area contributed by atoms with Crippen molar-refractivity contribution in [3.63, 3.8) is 0 Å². The fraction of sp³-hybridized carbons (Fsp3) is 0.0526. The summed E-state index contributed by atoms with van der Waals surface area (Å²) in [7, 11) is 0. The number of halogens is 1. The van der Waals surface area contributed by atoms with Gasteiger partial charge in [-0.2, -0.15) is 4.99 Å². The molecule has 1 amide bonds. The summed E-state index contributed by atoms with van der Waals surface area (Å²) in [4.78, 5) is 27.1. The maximum Gasteiger partial charge on any atom is 0.272 e. The number of fused-ring (bicyclic) bond motifs is 1. The van der Waals surface area contributed by atoms with Gasteiger partial charge in [0.25, 0.3) is 11.6 Å². The number of nitrogens with zero attached hydrogens (tertiary/aromatic N) is 3. The lowest BCUT2D eigenvalue weighted by atomic mass is 10.2. The Hall–Kier alpha value is -3.03. The van der Waals surface area contributed by atoms with E-state index >= 15 is 0 Å². The van der Waals surface area contributed by atoms with E-state index in [4.69, 9.17) is 11.6 Å². The predicted octanol–water partition coefficient (Wildman–Crippen LogP) is 4.59. The third-order valence-corrected chi connectivity index (χ3v) is 5.04. The quantitative estimate of drug-likeness (QED) is 0.272. The number of carbonyl (C=O) groups is 1. The molecule has 27 heavy (non-hydrogen) atoms. The molecular weight excluding hydrogens is 386 g/mol. The SMILES string of the molecule is C=CCn1c(=NC(=O)/C=C\c2ccc([N+](=O)[O-])cc2)sc2cccc(Cl)c21. The highest BCUT2D eigenvalue weighted by molar-refractivity contribution is 7.16. The van der Waals surface area contributed by atoms with Gasteiger partial charge in [-0.25, -0.2) is 0 Å². The third kappa shape index (κ3) is 4.21. The van der Waals surface area contributed by atoms with E-state index in [1.54, 1.807) is 30.4 Å². The molecule has 136 valence electrons. The van der Waals surface area contributed by atoms with Gasteiger partial charge < -0.3 is 4.57 Å². The number of hydrogen-bond donors (Lipinski definition) is 0. The number of non-ortho nitro benzene ring substituents is 1. The third-order valence-electron chi connectivity index (χ3n) is 3.69. The molecule has 0 bridgehead atoms. The van der Waals surface area contributed by atoms with Gasteiger partial charge in [0.1, 0.15) is 0 Å². The van der Waals surface area contributed by atoms with Crippen molar-refractivity contribution in [2.75, 3.05) is 0 Å². The molecule has 0 unspecified atom stereocenters. The van der Waals surface area contributed by atoms with Crippen LogP contribution in [0.2, 0.25) is 5.02 Å². The smallest absolute Gasteiger partial charge is 0.272 e. The van der Waals surface area contributed by atoms with Crippen LogP contribution in [0.1, 0.15) is 5.56 Å². The minimum atomic E-state index is -0.473. The molecule has 0 spiro atoms. The molecule has 1 aromatic heterocycles. The standard InChI is InChI=1S/C19H14ClN3O3S/c1-2-12-22-18-15(20)4-3-5-16(18)27-19(22)21-17(24)11-8-13-6-9-14(10-7-13)23(25)26/h2-11H,1,12H2/b11-8-,21-19?. The van der Waals surface area contributed by atoms with Crippen molar-refractivity contribution in [3.05, 3.63) is 86.7 Å². The van der Waals surface area contributed by atoms with Gasteiger partial charge in [-0.3, -0.25) is 14.9 Å². The van der Waals surface area contributed by atoms with E-state index in [0.717, 1.165) is 10.2 Å². The van der Waals surface area contributed by atoms with Crippen molar-refractivity contribution < 1.29 is 9.72 Å². The fourth-order valence-corrected chi connectivity index (χ4v) is 3.88. The number of hydrogen-bond acceptors (Lipinski definition) is 4. The van der Waals surface area contributed by atoms with Gasteiger partial charge in [-0.15, -0.1) is 6.58 Å². The molecule has 0 saturated heterocycles. The number of nitro benzene ring substituents is 1. The monoisotopic (exact) mass is 399 g/mol. The number of allylic oxidation sites excluding steroid dienone is 1. The number of amides is 1. The van der Waals surface area contributed by atoms with Crippen LogP contribution in [0.25, 0.3) is 16.3 Å². The Morgan fingerprint density at radius 1 is 1.30 bits per heavy atom. The van der Waals surface area contributed by atoms with E-state index in [0.29, 0.717) is 21.9 Å². The van der Waals surface area contributed by atoms with Crippen LogP contribution < -0.4 is 4.80 Å². The number of rotatable bonds is 5. The number of aromatic nitrogens is 1. The molecule has 6 nitrogen and oxygen atoms in total. The van der Waals surface area contributed by atoms with Gasteiger partial charge in [0.05, 0.1) is 20.2 Å². The molecule has 3 rings (SSSR count). The molecule has 3 aromatic rings. The molecule has 8 heteroatoms. The lowest BCUT2D eigenvalue weighted by Crippen LogP contribution is -2.15. The topological polar surface area (TPSA) is 77.5 Å². The Kier molecular flexibility index (Phi) is 5.63. The Morgan fingerprint density at radius 3 is 2.70 bits per heavy atom. The molecule has 1 heterocycles. The van der Waals surface area contributed by atoms with Gasteiger partial charge in [-0.1, -0.05) is 35.1 Å². The molecule has 0 N–H and O–H groups in total. The Labute approximate surface area is 163 Å². The van der Waals surface area contributed by atoms with Crippen molar-refractivity contribution in [3.8, 4) is 0 Å². The second-order valence-corrected chi connectivity index (χ2v) is 6.92. The lowest BCUT2D eigenvalue weighted by molar-refractivity contribution is -0.384. The van der Waals surface area contributed by atoms with E-state index in [9.17, 15) is 14.9 Å². The van der Waals surface area contributed by atoms with Crippen LogP contribution in [0.4, 0.5) is 5.69 Å². The first-order chi connectivity index (χ1) is 13.0. The van der Waals surface area contributed by atoms with E-state index in [1.807, 2.05) is 16.7 Å². The molecular formula is C19H14ClN3O3S. The van der Waals surface area contributed by atoms with Crippen molar-refractivity contribution in [1.82, 2.24) is 4.57 Å². The van der Waals surface area contributed by atoms with Gasteiger partial charge in [-0.05, 0) is 35.9 Å². The van der Waals surface area contributed by atoms with Crippen molar-refractivity contribution >= 4 is 50.8 Å². The fourth-order valence-electron chi connectivity index (χ4n) is 2.48. The highest BCUT2D eigenvalue weighted by Gasteiger charge is 2.09. The number of para-hydroxylation sites is 1. The maximum absolute atomic E-state index is 12.3. The Bertz CT molecular complexity index is 1130. The van der Waals surface area contributed by atoms with Crippen LogP contribution >= 0.6 is 22.9 Å².